The molecule has 2 heterocycles. The Labute approximate surface area is 187 Å². The first-order chi connectivity index (χ1) is 15.1. The maximum absolute atomic E-state index is 12.5. The summed E-state index contributed by atoms with van der Waals surface area (Å²) in [6.07, 6.45) is 3.68. The summed E-state index contributed by atoms with van der Waals surface area (Å²) in [7, 11) is 0. The predicted octanol–water partition coefficient (Wildman–Crippen LogP) is 3.14. The van der Waals surface area contributed by atoms with Crippen molar-refractivity contribution in [3.05, 3.63) is 34.8 Å². The smallest absolute Gasteiger partial charge is 0.240 e. The van der Waals surface area contributed by atoms with Gasteiger partial charge in [-0.3, -0.25) is 15.0 Å². The van der Waals surface area contributed by atoms with Crippen LogP contribution in [-0.2, 0) is 17.6 Å². The molecule has 8 heteroatoms. The molecule has 1 saturated heterocycles. The number of fused-ring (bicyclic) bond motifs is 1. The number of aliphatic hydroxyl groups is 1. The van der Waals surface area contributed by atoms with Gasteiger partial charge in [0.1, 0.15) is 16.9 Å². The molecule has 1 aromatic carbocycles. The van der Waals surface area contributed by atoms with Crippen molar-refractivity contribution >= 4 is 22.4 Å². The number of aryl methyl sites for hydroxylation is 2. The highest BCUT2D eigenvalue weighted by atomic mass is 32.1. The molecule has 1 aromatic heterocycles. The van der Waals surface area contributed by atoms with E-state index in [1.165, 1.54) is 16.9 Å². The van der Waals surface area contributed by atoms with Crippen LogP contribution in [0.3, 0.4) is 0 Å². The monoisotopic (exact) mass is 444 g/mol. The fraction of sp³-hybridized carbons (Fsp3) is 0.609. The molecule has 0 radical (unpaired) electrons. The number of anilines is 1. The number of nitrogens with one attached hydrogen (secondary N) is 1. The van der Waals surface area contributed by atoms with Crippen LogP contribution in [0.15, 0.2) is 24.3 Å². The number of carbonyl (C=O) groups excluding carboxylic acids is 1. The lowest BCUT2D eigenvalue weighted by atomic mass is 9.78. The van der Waals surface area contributed by atoms with E-state index >= 15 is 0 Å². The normalized spacial score (nSPS) is 25.9. The third kappa shape index (κ3) is 5.42. The van der Waals surface area contributed by atoms with E-state index in [0.717, 1.165) is 56.0 Å². The number of para-hydroxylation sites is 1. The topological polar surface area (TPSA) is 87.6 Å². The molecule has 1 aliphatic carbocycles. The van der Waals surface area contributed by atoms with Gasteiger partial charge in [-0.15, -0.1) is 10.2 Å². The third-order valence-electron chi connectivity index (χ3n) is 6.34. The highest BCUT2D eigenvalue weighted by Crippen LogP contribution is 2.38. The number of amides is 1. The molecule has 2 aromatic rings. The zero-order chi connectivity index (χ0) is 21.8. The Morgan fingerprint density at radius 1 is 1.23 bits per heavy atom. The Balaban J connectivity index is 1.30. The van der Waals surface area contributed by atoms with E-state index in [1.807, 2.05) is 18.2 Å². The summed E-state index contributed by atoms with van der Waals surface area (Å²) < 4.78 is 6.25. The third-order valence-corrected chi connectivity index (χ3v) is 7.24. The minimum Gasteiger partial charge on any atom is -0.487 e. The summed E-state index contributed by atoms with van der Waals surface area (Å²) >= 11 is 1.45. The molecule has 1 saturated carbocycles. The van der Waals surface area contributed by atoms with E-state index in [0.29, 0.717) is 23.5 Å². The number of carbonyl (C=O) groups is 1. The first-order valence-electron chi connectivity index (χ1n) is 11.3. The van der Waals surface area contributed by atoms with Crippen molar-refractivity contribution in [2.75, 3.05) is 25.0 Å². The van der Waals surface area contributed by atoms with Crippen molar-refractivity contribution in [2.24, 2.45) is 11.8 Å². The van der Waals surface area contributed by atoms with Crippen LogP contribution in [-0.4, -0.2) is 58.0 Å². The van der Waals surface area contributed by atoms with Crippen LogP contribution < -0.4 is 10.1 Å². The molecule has 2 fully saturated rings. The Hall–Kier alpha value is -2.03. The van der Waals surface area contributed by atoms with E-state index in [4.69, 9.17) is 4.74 Å². The number of hydrogen-bond acceptors (Lipinski definition) is 7. The van der Waals surface area contributed by atoms with Crippen LogP contribution in [0.5, 0.6) is 5.75 Å². The van der Waals surface area contributed by atoms with Gasteiger partial charge in [-0.1, -0.05) is 43.4 Å². The summed E-state index contributed by atoms with van der Waals surface area (Å²) in [6.45, 7) is 6.25. The zero-order valence-corrected chi connectivity index (χ0v) is 19.1. The van der Waals surface area contributed by atoms with E-state index in [1.54, 1.807) is 0 Å². The summed E-state index contributed by atoms with van der Waals surface area (Å²) in [5, 5.41) is 23.3. The van der Waals surface area contributed by atoms with Crippen molar-refractivity contribution < 1.29 is 14.6 Å². The van der Waals surface area contributed by atoms with E-state index in [2.05, 4.69) is 40.3 Å². The lowest BCUT2D eigenvalue weighted by Crippen LogP contribution is -2.42. The predicted molar refractivity (Wildman–Crippen MR) is 121 cm³/mol. The Morgan fingerprint density at radius 3 is 2.77 bits per heavy atom. The van der Waals surface area contributed by atoms with E-state index < -0.39 is 6.10 Å². The molecular weight excluding hydrogens is 412 g/mol. The Bertz CT molecular complexity index is 889. The average molecular weight is 445 g/mol. The highest BCUT2D eigenvalue weighted by molar-refractivity contribution is 7.15. The van der Waals surface area contributed by atoms with Gasteiger partial charge in [-0.2, -0.15) is 0 Å². The Kier molecular flexibility index (Phi) is 7.20. The number of likely N-dealkylation sites (tertiary alicyclic amines) is 1. The highest BCUT2D eigenvalue weighted by Gasteiger charge is 2.43. The minimum atomic E-state index is -0.474. The van der Waals surface area contributed by atoms with E-state index in [9.17, 15) is 9.90 Å². The van der Waals surface area contributed by atoms with Crippen molar-refractivity contribution in [1.29, 1.82) is 0 Å². The molecule has 7 nitrogen and oxygen atoms in total. The number of hydrogen-bond donors (Lipinski definition) is 2. The van der Waals surface area contributed by atoms with E-state index in [-0.39, 0.29) is 12.0 Å². The molecule has 31 heavy (non-hydrogen) atoms. The molecule has 0 bridgehead atoms. The first-order valence-corrected chi connectivity index (χ1v) is 12.1. The minimum absolute atomic E-state index is 0.0527. The van der Waals surface area contributed by atoms with Gasteiger partial charge in [0, 0.05) is 19.5 Å². The summed E-state index contributed by atoms with van der Waals surface area (Å²) in [6, 6.07) is 8.06. The molecule has 0 spiro atoms. The fourth-order valence-corrected chi connectivity index (χ4v) is 5.66. The molecule has 1 aliphatic heterocycles. The Morgan fingerprint density at radius 2 is 2.00 bits per heavy atom. The van der Waals surface area contributed by atoms with Crippen molar-refractivity contribution in [1.82, 2.24) is 15.1 Å². The van der Waals surface area contributed by atoms with Gasteiger partial charge in [0.2, 0.25) is 11.0 Å². The van der Waals surface area contributed by atoms with Gasteiger partial charge in [0.05, 0.1) is 12.6 Å². The number of aromatic nitrogens is 2. The fourth-order valence-electron chi connectivity index (χ4n) is 4.80. The second-order valence-electron chi connectivity index (χ2n) is 8.67. The van der Waals surface area contributed by atoms with Crippen LogP contribution in [0.4, 0.5) is 5.13 Å². The van der Waals surface area contributed by atoms with Gasteiger partial charge in [0.15, 0.2) is 0 Å². The number of nitrogens with zero attached hydrogens (tertiary/aromatic N) is 3. The second kappa shape index (κ2) is 10.1. The van der Waals surface area contributed by atoms with Crippen molar-refractivity contribution in [2.45, 2.75) is 58.2 Å². The SMILES string of the molecule is CCCc1nnc(NC(=O)CN2C[C@H]3C[C@@H](Oc4ccccc4CC)[C@H](O)C[C@H]3C2)s1. The zero-order valence-electron chi connectivity index (χ0n) is 18.3. The maximum Gasteiger partial charge on any atom is 0.240 e. The van der Waals surface area contributed by atoms with Crippen LogP contribution in [0.2, 0.25) is 0 Å². The summed E-state index contributed by atoms with van der Waals surface area (Å²) in [5.74, 6) is 1.67. The van der Waals surface area contributed by atoms with Gasteiger partial charge in [0.25, 0.3) is 0 Å². The molecule has 4 atom stereocenters. The van der Waals surface area contributed by atoms with Crippen LogP contribution in [0.1, 0.15) is 43.7 Å². The molecule has 2 aliphatic rings. The summed E-state index contributed by atoms with van der Waals surface area (Å²) in [4.78, 5) is 14.7. The van der Waals surface area contributed by atoms with Gasteiger partial charge in [-0.05, 0) is 49.1 Å². The quantitative estimate of drug-likeness (QED) is 0.650. The second-order valence-corrected chi connectivity index (χ2v) is 9.73. The molecular formula is C23H32N4O3S. The molecule has 1 amide bonds. The average Bonchev–Trinajstić information content (AvgIpc) is 3.34. The number of rotatable bonds is 8. The lowest BCUT2D eigenvalue weighted by Gasteiger charge is -2.35. The lowest BCUT2D eigenvalue weighted by molar-refractivity contribution is -0.117. The summed E-state index contributed by atoms with van der Waals surface area (Å²) in [5.41, 5.74) is 1.17. The number of aliphatic hydroxyl groups excluding tert-OH is 1. The van der Waals surface area contributed by atoms with Crippen LogP contribution in [0, 0.1) is 11.8 Å². The molecule has 2 N–H and O–H groups in total. The van der Waals surface area contributed by atoms with Gasteiger partial charge in [-0.25, -0.2) is 0 Å². The van der Waals surface area contributed by atoms with Crippen LogP contribution in [0.25, 0.3) is 0 Å². The first kappa shape index (κ1) is 22.2. The number of ether oxygens (including phenoxy) is 1. The van der Waals surface area contributed by atoms with Crippen molar-refractivity contribution in [3.8, 4) is 5.75 Å². The van der Waals surface area contributed by atoms with Crippen molar-refractivity contribution in [3.63, 3.8) is 0 Å². The molecule has 168 valence electrons. The van der Waals surface area contributed by atoms with Gasteiger partial charge < -0.3 is 9.84 Å². The number of benzene rings is 1. The molecule has 0 unspecified atom stereocenters. The van der Waals surface area contributed by atoms with Crippen LogP contribution >= 0.6 is 11.3 Å². The van der Waals surface area contributed by atoms with Gasteiger partial charge >= 0.3 is 0 Å². The standard InChI is InChI=1S/C23H32N4O3S/c1-3-7-22-25-26-23(31-22)24-21(29)14-27-12-16-10-18(28)20(11-17(16)13-27)30-19-9-6-5-8-15(19)4-2/h5-6,8-9,16-18,20,28H,3-4,7,10-14H2,1-2H3,(H,24,26,29)/t16-,17+,18+,20+/m0/s1. The largest absolute Gasteiger partial charge is 0.487 e. The molecule has 4 rings (SSSR count). The maximum atomic E-state index is 12.5.